The number of nitrogens with zero attached hydrogens (tertiary/aromatic N) is 4. The van der Waals surface area contributed by atoms with Crippen molar-refractivity contribution in [2.24, 2.45) is 12.0 Å². The van der Waals surface area contributed by atoms with Crippen LogP contribution in [-0.2, 0) is 26.7 Å². The van der Waals surface area contributed by atoms with Crippen LogP contribution in [0.15, 0.2) is 47.5 Å². The molecule has 1 aromatic heterocycles. The molecule has 0 saturated carbocycles. The zero-order valence-corrected chi connectivity index (χ0v) is 18.9. The molecule has 0 amide bonds. The van der Waals surface area contributed by atoms with E-state index in [1.54, 1.807) is 14.2 Å². The van der Waals surface area contributed by atoms with Gasteiger partial charge in [0.1, 0.15) is 17.3 Å². The van der Waals surface area contributed by atoms with E-state index in [0.29, 0.717) is 36.4 Å². The Morgan fingerprint density at radius 3 is 2.32 bits per heavy atom. The number of aromatic nitrogens is 3. The van der Waals surface area contributed by atoms with Crippen LogP contribution in [0, 0.1) is 6.92 Å². The number of guanidine groups is 1. The van der Waals surface area contributed by atoms with Gasteiger partial charge in [0.15, 0.2) is 11.8 Å². The molecule has 0 atom stereocenters. The molecule has 2 N–H and O–H groups in total. The Labute approximate surface area is 187 Å². The van der Waals surface area contributed by atoms with Crippen molar-refractivity contribution in [3.63, 3.8) is 0 Å². The van der Waals surface area contributed by atoms with Crippen molar-refractivity contribution in [3.05, 3.63) is 70.3 Å². The fourth-order valence-electron chi connectivity index (χ4n) is 2.85. The Hall–Kier alpha value is -3.26. The van der Waals surface area contributed by atoms with Crippen LogP contribution in [-0.4, -0.2) is 34.9 Å². The van der Waals surface area contributed by atoms with Crippen molar-refractivity contribution in [2.75, 3.05) is 14.2 Å². The largest absolute Gasteiger partial charge is 0.497 e. The van der Waals surface area contributed by atoms with Gasteiger partial charge in [-0.05, 0) is 42.3 Å². The molecule has 1 heterocycles. The molecule has 0 aliphatic heterocycles. The van der Waals surface area contributed by atoms with Gasteiger partial charge in [-0.3, -0.25) is 0 Å². The fraction of sp³-hybridized carbons (Fsp3) is 0.318. The molecule has 8 nitrogen and oxygen atoms in total. The summed E-state index contributed by atoms with van der Waals surface area (Å²) >= 11 is 6.24. The fourth-order valence-corrected chi connectivity index (χ4v) is 3.13. The lowest BCUT2D eigenvalue weighted by atomic mass is 10.2. The van der Waals surface area contributed by atoms with Gasteiger partial charge in [-0.1, -0.05) is 29.8 Å². The molecule has 164 valence electrons. The number of hydrogen-bond donors (Lipinski definition) is 2. The maximum Gasteiger partial charge on any atom is 0.192 e. The van der Waals surface area contributed by atoms with Gasteiger partial charge in [-0.2, -0.15) is 0 Å². The molecule has 9 heteroatoms. The first-order valence-electron chi connectivity index (χ1n) is 9.82. The maximum absolute atomic E-state index is 6.24. The monoisotopic (exact) mass is 442 g/mol. The SMILES string of the molecule is COc1ccc(CNC(=NCc2ccc(OC)c(Cl)c2)NCc2nnc(C)n2C)cc1. The maximum atomic E-state index is 6.24. The number of halogens is 1. The average molecular weight is 443 g/mol. The van der Waals surface area contributed by atoms with Crippen LogP contribution in [0.1, 0.15) is 22.8 Å². The van der Waals surface area contributed by atoms with E-state index in [2.05, 4.69) is 20.8 Å². The van der Waals surface area contributed by atoms with Gasteiger partial charge in [0.2, 0.25) is 0 Å². The quantitative estimate of drug-likeness (QED) is 0.411. The number of benzene rings is 2. The summed E-state index contributed by atoms with van der Waals surface area (Å²) in [6, 6.07) is 13.5. The van der Waals surface area contributed by atoms with Gasteiger partial charge in [0, 0.05) is 13.6 Å². The van der Waals surface area contributed by atoms with Gasteiger partial charge in [0.25, 0.3) is 0 Å². The summed E-state index contributed by atoms with van der Waals surface area (Å²) in [6.45, 7) is 3.48. The van der Waals surface area contributed by atoms with Crippen LogP contribution in [0.4, 0.5) is 0 Å². The molecule has 3 rings (SSSR count). The summed E-state index contributed by atoms with van der Waals surface area (Å²) in [6.07, 6.45) is 0. The smallest absolute Gasteiger partial charge is 0.192 e. The highest BCUT2D eigenvalue weighted by molar-refractivity contribution is 6.32. The standard InChI is InChI=1S/C22H27ClN6O2/c1-15-27-28-21(29(15)2)14-26-22(24-12-16-5-8-18(30-3)9-6-16)25-13-17-7-10-20(31-4)19(23)11-17/h5-11H,12-14H2,1-4H3,(H2,24,25,26). The second-order valence-corrected chi connectivity index (χ2v) is 7.32. The van der Waals surface area contributed by atoms with Crippen molar-refractivity contribution < 1.29 is 9.47 Å². The van der Waals surface area contributed by atoms with Gasteiger partial charge >= 0.3 is 0 Å². The molecule has 3 aromatic rings. The van der Waals surface area contributed by atoms with Gasteiger partial charge in [0.05, 0.1) is 32.3 Å². The zero-order valence-electron chi connectivity index (χ0n) is 18.1. The molecule has 0 fully saturated rings. The Balaban J connectivity index is 1.70. The molecular weight excluding hydrogens is 416 g/mol. The number of aryl methyl sites for hydroxylation is 1. The predicted molar refractivity (Wildman–Crippen MR) is 122 cm³/mol. The Kier molecular flexibility index (Phi) is 7.72. The summed E-state index contributed by atoms with van der Waals surface area (Å²) in [5.41, 5.74) is 2.09. The van der Waals surface area contributed by atoms with E-state index in [4.69, 9.17) is 26.1 Å². The molecule has 0 saturated heterocycles. The van der Waals surface area contributed by atoms with Crippen molar-refractivity contribution >= 4 is 17.6 Å². The molecule has 0 unspecified atom stereocenters. The molecule has 0 bridgehead atoms. The summed E-state index contributed by atoms with van der Waals surface area (Å²) in [4.78, 5) is 4.70. The zero-order chi connectivity index (χ0) is 22.2. The minimum absolute atomic E-state index is 0.458. The predicted octanol–water partition coefficient (Wildman–Crippen LogP) is 3.23. The van der Waals surface area contributed by atoms with Crippen LogP contribution < -0.4 is 20.1 Å². The summed E-state index contributed by atoms with van der Waals surface area (Å²) in [7, 11) is 5.19. The number of nitrogens with one attached hydrogen (secondary N) is 2. The third kappa shape index (κ3) is 6.11. The minimum atomic E-state index is 0.458. The van der Waals surface area contributed by atoms with E-state index in [9.17, 15) is 0 Å². The molecule has 0 radical (unpaired) electrons. The molecular formula is C22H27ClN6O2. The molecule has 31 heavy (non-hydrogen) atoms. The lowest BCUT2D eigenvalue weighted by Gasteiger charge is -2.13. The highest BCUT2D eigenvalue weighted by Crippen LogP contribution is 2.25. The van der Waals surface area contributed by atoms with Crippen molar-refractivity contribution in [1.29, 1.82) is 0 Å². The number of hydrogen-bond acceptors (Lipinski definition) is 5. The average Bonchev–Trinajstić information content (AvgIpc) is 3.11. The second-order valence-electron chi connectivity index (χ2n) is 6.91. The first-order chi connectivity index (χ1) is 15.0. The van der Waals surface area contributed by atoms with E-state index in [1.165, 1.54) is 0 Å². The first-order valence-corrected chi connectivity index (χ1v) is 10.2. The van der Waals surface area contributed by atoms with Crippen LogP contribution in [0.5, 0.6) is 11.5 Å². The summed E-state index contributed by atoms with van der Waals surface area (Å²) < 4.78 is 12.4. The summed E-state index contributed by atoms with van der Waals surface area (Å²) in [5.74, 6) is 3.80. The van der Waals surface area contributed by atoms with E-state index in [0.717, 1.165) is 28.5 Å². The van der Waals surface area contributed by atoms with Gasteiger partial charge < -0.3 is 24.7 Å². The normalized spacial score (nSPS) is 11.3. The number of aliphatic imine (C=N–C) groups is 1. The van der Waals surface area contributed by atoms with E-state index >= 15 is 0 Å². The van der Waals surface area contributed by atoms with Gasteiger partial charge in [-0.25, -0.2) is 4.99 Å². The third-order valence-electron chi connectivity index (χ3n) is 4.85. The molecule has 0 aliphatic rings. The first kappa shape index (κ1) is 22.4. The summed E-state index contributed by atoms with van der Waals surface area (Å²) in [5, 5.41) is 15.5. The van der Waals surface area contributed by atoms with Crippen molar-refractivity contribution in [2.45, 2.75) is 26.6 Å². The minimum Gasteiger partial charge on any atom is -0.497 e. The number of methoxy groups -OCH3 is 2. The Bertz CT molecular complexity index is 1030. The third-order valence-corrected chi connectivity index (χ3v) is 5.15. The van der Waals surface area contributed by atoms with Crippen molar-refractivity contribution in [3.8, 4) is 11.5 Å². The van der Waals surface area contributed by atoms with Crippen LogP contribution in [0.3, 0.4) is 0 Å². The number of ether oxygens (including phenoxy) is 2. The Morgan fingerprint density at radius 2 is 1.71 bits per heavy atom. The molecule has 2 aromatic carbocycles. The molecule has 0 aliphatic carbocycles. The van der Waals surface area contributed by atoms with E-state index in [1.807, 2.05) is 61.0 Å². The number of rotatable bonds is 8. The topological polar surface area (TPSA) is 85.6 Å². The van der Waals surface area contributed by atoms with Crippen LogP contribution >= 0.6 is 11.6 Å². The lowest BCUT2D eigenvalue weighted by molar-refractivity contribution is 0.414. The molecule has 0 spiro atoms. The van der Waals surface area contributed by atoms with Gasteiger partial charge in [-0.15, -0.1) is 10.2 Å². The highest BCUT2D eigenvalue weighted by atomic mass is 35.5. The second kappa shape index (κ2) is 10.7. The van der Waals surface area contributed by atoms with Crippen LogP contribution in [0.25, 0.3) is 0 Å². The van der Waals surface area contributed by atoms with E-state index in [-0.39, 0.29) is 0 Å². The van der Waals surface area contributed by atoms with E-state index < -0.39 is 0 Å². The lowest BCUT2D eigenvalue weighted by Crippen LogP contribution is -2.37. The highest BCUT2D eigenvalue weighted by Gasteiger charge is 2.07. The van der Waals surface area contributed by atoms with Crippen molar-refractivity contribution in [1.82, 2.24) is 25.4 Å². The van der Waals surface area contributed by atoms with Crippen LogP contribution in [0.2, 0.25) is 5.02 Å². The Morgan fingerprint density at radius 1 is 1.00 bits per heavy atom.